The lowest BCUT2D eigenvalue weighted by Gasteiger charge is -2.11. The number of carbonyl (C=O) groups is 1. The molecule has 1 aliphatic heterocycles. The Balaban J connectivity index is 1.94. The number of hydrogen-bond acceptors (Lipinski definition) is 3. The summed E-state index contributed by atoms with van der Waals surface area (Å²) < 4.78 is 0. The molecule has 1 fully saturated rings. The van der Waals surface area contributed by atoms with Crippen molar-refractivity contribution < 1.29 is 9.90 Å². The zero-order valence-corrected chi connectivity index (χ0v) is 10.0. The lowest BCUT2D eigenvalue weighted by atomic mass is 10.3. The Bertz CT molecular complexity index is 411. The lowest BCUT2D eigenvalue weighted by Crippen LogP contribution is -2.27. The number of aryl methyl sites for hydroxylation is 1. The number of aliphatic hydroxyl groups excluding tert-OH is 1. The molecule has 0 unspecified atom stereocenters. The van der Waals surface area contributed by atoms with Gasteiger partial charge in [0.2, 0.25) is 5.91 Å². The first kappa shape index (κ1) is 11.4. The van der Waals surface area contributed by atoms with Crippen molar-refractivity contribution in [2.45, 2.75) is 19.4 Å². The van der Waals surface area contributed by atoms with E-state index in [1.54, 1.807) is 22.3 Å². The van der Waals surface area contributed by atoms with Gasteiger partial charge in [-0.15, -0.1) is 11.3 Å². The van der Waals surface area contributed by atoms with E-state index in [4.69, 9.17) is 0 Å². The van der Waals surface area contributed by atoms with Crippen LogP contribution < -0.4 is 0 Å². The third-order valence-electron chi connectivity index (χ3n) is 2.63. The van der Waals surface area contributed by atoms with Gasteiger partial charge in [0.05, 0.1) is 6.10 Å². The molecule has 2 rings (SSSR count). The molecule has 1 atom stereocenters. The fourth-order valence-corrected chi connectivity index (χ4v) is 2.52. The summed E-state index contributed by atoms with van der Waals surface area (Å²) in [5.74, 6) is -0.0115. The van der Waals surface area contributed by atoms with Crippen molar-refractivity contribution in [1.29, 1.82) is 0 Å². The van der Waals surface area contributed by atoms with E-state index in [0.29, 0.717) is 19.5 Å². The lowest BCUT2D eigenvalue weighted by molar-refractivity contribution is -0.125. The fourth-order valence-electron chi connectivity index (χ4n) is 1.74. The highest BCUT2D eigenvalue weighted by Crippen LogP contribution is 2.17. The molecule has 0 spiro atoms. The summed E-state index contributed by atoms with van der Waals surface area (Å²) in [6.07, 6.45) is 3.77. The molecule has 1 saturated heterocycles. The van der Waals surface area contributed by atoms with Crippen LogP contribution in [0.5, 0.6) is 0 Å². The minimum Gasteiger partial charge on any atom is -0.391 e. The van der Waals surface area contributed by atoms with Gasteiger partial charge in [-0.2, -0.15) is 0 Å². The first-order valence-electron chi connectivity index (χ1n) is 5.36. The van der Waals surface area contributed by atoms with Crippen LogP contribution in [0, 0.1) is 6.92 Å². The molecule has 1 amide bonds. The molecule has 16 heavy (non-hydrogen) atoms. The summed E-state index contributed by atoms with van der Waals surface area (Å²) >= 11 is 1.67. The molecule has 2 heterocycles. The number of hydrogen-bond donors (Lipinski definition) is 1. The molecule has 1 aromatic heterocycles. The maximum Gasteiger partial charge on any atom is 0.246 e. The maximum atomic E-state index is 11.7. The van der Waals surface area contributed by atoms with Gasteiger partial charge < -0.3 is 10.0 Å². The zero-order valence-electron chi connectivity index (χ0n) is 9.22. The molecule has 1 aromatic rings. The van der Waals surface area contributed by atoms with Crippen LogP contribution in [-0.4, -0.2) is 35.1 Å². The second kappa shape index (κ2) is 4.80. The largest absolute Gasteiger partial charge is 0.391 e. The summed E-state index contributed by atoms with van der Waals surface area (Å²) in [4.78, 5) is 15.7. The third kappa shape index (κ3) is 2.71. The van der Waals surface area contributed by atoms with Crippen molar-refractivity contribution >= 4 is 23.3 Å². The van der Waals surface area contributed by atoms with Gasteiger partial charge >= 0.3 is 0 Å². The number of β-amino-alcohol motifs (C(OH)–C–C–N with tert-alkyl or cyclic N) is 1. The topological polar surface area (TPSA) is 40.5 Å². The monoisotopic (exact) mass is 237 g/mol. The van der Waals surface area contributed by atoms with Gasteiger partial charge in [-0.05, 0) is 31.6 Å². The van der Waals surface area contributed by atoms with Gasteiger partial charge in [0.1, 0.15) is 0 Å². The van der Waals surface area contributed by atoms with Crippen molar-refractivity contribution in [2.75, 3.05) is 13.1 Å². The van der Waals surface area contributed by atoms with E-state index in [1.165, 1.54) is 4.88 Å². The number of carbonyl (C=O) groups excluding carboxylic acids is 1. The van der Waals surface area contributed by atoms with Crippen molar-refractivity contribution in [3.63, 3.8) is 0 Å². The predicted octanol–water partition coefficient (Wildman–Crippen LogP) is 1.66. The van der Waals surface area contributed by atoms with E-state index in [-0.39, 0.29) is 12.0 Å². The van der Waals surface area contributed by atoms with Crippen LogP contribution in [0.4, 0.5) is 0 Å². The summed E-state index contributed by atoms with van der Waals surface area (Å²) in [5.41, 5.74) is 0. The minimum absolute atomic E-state index is 0.0115. The average molecular weight is 237 g/mol. The highest BCUT2D eigenvalue weighted by Gasteiger charge is 2.22. The summed E-state index contributed by atoms with van der Waals surface area (Å²) in [6, 6.07) is 4.04. The van der Waals surface area contributed by atoms with Crippen LogP contribution in [0.15, 0.2) is 18.2 Å². The number of thiophene rings is 1. The first-order valence-corrected chi connectivity index (χ1v) is 6.18. The minimum atomic E-state index is -0.346. The highest BCUT2D eigenvalue weighted by molar-refractivity contribution is 7.12. The molecule has 4 heteroatoms. The second-order valence-electron chi connectivity index (χ2n) is 4.01. The Morgan fingerprint density at radius 2 is 2.44 bits per heavy atom. The summed E-state index contributed by atoms with van der Waals surface area (Å²) in [5, 5.41) is 9.32. The van der Waals surface area contributed by atoms with E-state index in [9.17, 15) is 9.90 Å². The Labute approximate surface area is 99.0 Å². The molecule has 1 aliphatic rings. The Morgan fingerprint density at radius 1 is 1.62 bits per heavy atom. The Hall–Kier alpha value is -1.13. The van der Waals surface area contributed by atoms with Crippen molar-refractivity contribution in [3.8, 4) is 0 Å². The normalized spacial score (nSPS) is 20.9. The summed E-state index contributed by atoms with van der Waals surface area (Å²) in [6.45, 7) is 3.17. The Kier molecular flexibility index (Phi) is 3.41. The van der Waals surface area contributed by atoms with Gasteiger partial charge in [-0.1, -0.05) is 0 Å². The number of amides is 1. The van der Waals surface area contributed by atoms with Crippen molar-refractivity contribution in [3.05, 3.63) is 28.0 Å². The van der Waals surface area contributed by atoms with Crippen molar-refractivity contribution in [2.24, 2.45) is 0 Å². The van der Waals surface area contributed by atoms with Crippen LogP contribution in [0.1, 0.15) is 16.2 Å². The SMILES string of the molecule is Cc1ccc(C=CC(=O)N2CC[C@H](O)C2)s1. The van der Waals surface area contributed by atoms with E-state index >= 15 is 0 Å². The van der Waals surface area contributed by atoms with E-state index < -0.39 is 0 Å². The third-order valence-corrected chi connectivity index (χ3v) is 3.59. The van der Waals surface area contributed by atoms with E-state index in [0.717, 1.165) is 4.88 Å². The fraction of sp³-hybridized carbons (Fsp3) is 0.417. The van der Waals surface area contributed by atoms with Gasteiger partial charge in [0, 0.05) is 28.9 Å². The van der Waals surface area contributed by atoms with Crippen molar-refractivity contribution in [1.82, 2.24) is 4.90 Å². The average Bonchev–Trinajstić information content (AvgIpc) is 2.84. The van der Waals surface area contributed by atoms with Gasteiger partial charge in [0.25, 0.3) is 0 Å². The molecule has 0 radical (unpaired) electrons. The first-order chi connectivity index (χ1) is 7.65. The summed E-state index contributed by atoms with van der Waals surface area (Å²) in [7, 11) is 0. The Morgan fingerprint density at radius 3 is 3.00 bits per heavy atom. The molecule has 0 bridgehead atoms. The van der Waals surface area contributed by atoms with Crippen LogP contribution >= 0.6 is 11.3 Å². The molecule has 1 N–H and O–H groups in total. The van der Waals surface area contributed by atoms with Gasteiger partial charge in [-0.3, -0.25) is 4.79 Å². The molecule has 86 valence electrons. The number of aliphatic hydroxyl groups is 1. The standard InChI is InChI=1S/C12H15NO2S/c1-9-2-3-11(16-9)4-5-12(15)13-7-6-10(14)8-13/h2-5,10,14H,6-8H2,1H3/t10-/m0/s1. The predicted molar refractivity (Wildman–Crippen MR) is 65.3 cm³/mol. The molecular formula is C12H15NO2S. The number of nitrogens with zero attached hydrogens (tertiary/aromatic N) is 1. The quantitative estimate of drug-likeness (QED) is 0.795. The number of likely N-dealkylation sites (tertiary alicyclic amines) is 1. The maximum absolute atomic E-state index is 11.7. The van der Waals surface area contributed by atoms with Gasteiger partial charge in [0.15, 0.2) is 0 Å². The van der Waals surface area contributed by atoms with Crippen LogP contribution in [-0.2, 0) is 4.79 Å². The molecule has 3 nitrogen and oxygen atoms in total. The van der Waals surface area contributed by atoms with Crippen LogP contribution in [0.3, 0.4) is 0 Å². The second-order valence-corrected chi connectivity index (χ2v) is 5.33. The molecule has 0 aromatic carbocycles. The van der Waals surface area contributed by atoms with Crippen LogP contribution in [0.2, 0.25) is 0 Å². The zero-order chi connectivity index (χ0) is 11.5. The smallest absolute Gasteiger partial charge is 0.246 e. The molecule has 0 aliphatic carbocycles. The number of rotatable bonds is 2. The van der Waals surface area contributed by atoms with E-state index in [1.807, 2.05) is 25.1 Å². The molecule has 0 saturated carbocycles. The van der Waals surface area contributed by atoms with Gasteiger partial charge in [-0.25, -0.2) is 0 Å². The van der Waals surface area contributed by atoms with E-state index in [2.05, 4.69) is 0 Å². The highest BCUT2D eigenvalue weighted by atomic mass is 32.1. The van der Waals surface area contributed by atoms with Crippen LogP contribution in [0.25, 0.3) is 6.08 Å². The molecular weight excluding hydrogens is 222 g/mol.